The van der Waals surface area contributed by atoms with Gasteiger partial charge in [-0.25, -0.2) is 4.79 Å². The molecule has 0 radical (unpaired) electrons. The SMILES string of the molecule is COc1cncc(N2CCNC2=O)c1. The summed E-state index contributed by atoms with van der Waals surface area (Å²) in [5, 5.41) is 2.72. The van der Waals surface area contributed by atoms with E-state index in [0.29, 0.717) is 18.8 Å². The molecule has 1 saturated heterocycles. The van der Waals surface area contributed by atoms with Crippen molar-refractivity contribution in [3.05, 3.63) is 18.5 Å². The molecule has 0 unspecified atom stereocenters. The third-order valence-corrected chi connectivity index (χ3v) is 2.10. The second-order valence-corrected chi connectivity index (χ2v) is 2.97. The molecule has 1 aromatic heterocycles. The molecule has 0 atom stereocenters. The highest BCUT2D eigenvalue weighted by Crippen LogP contribution is 2.20. The zero-order valence-electron chi connectivity index (χ0n) is 7.86. The van der Waals surface area contributed by atoms with Crippen molar-refractivity contribution in [1.29, 1.82) is 0 Å². The number of nitrogens with zero attached hydrogens (tertiary/aromatic N) is 2. The number of ether oxygens (including phenoxy) is 1. The Bertz CT molecular complexity index is 354. The van der Waals surface area contributed by atoms with Crippen LogP contribution in [-0.4, -0.2) is 31.2 Å². The van der Waals surface area contributed by atoms with Crippen molar-refractivity contribution in [2.24, 2.45) is 0 Å². The van der Waals surface area contributed by atoms with E-state index in [9.17, 15) is 4.79 Å². The van der Waals surface area contributed by atoms with Gasteiger partial charge in [0.15, 0.2) is 0 Å². The molecule has 14 heavy (non-hydrogen) atoms. The van der Waals surface area contributed by atoms with Crippen LogP contribution in [0.25, 0.3) is 0 Å². The molecule has 0 aromatic carbocycles. The summed E-state index contributed by atoms with van der Waals surface area (Å²) in [5.41, 5.74) is 0.763. The van der Waals surface area contributed by atoms with Gasteiger partial charge in [0, 0.05) is 19.2 Å². The largest absolute Gasteiger partial charge is 0.495 e. The van der Waals surface area contributed by atoms with Crippen LogP contribution < -0.4 is 15.0 Å². The summed E-state index contributed by atoms with van der Waals surface area (Å²) < 4.78 is 5.03. The van der Waals surface area contributed by atoms with Crippen LogP contribution in [0.3, 0.4) is 0 Å². The Kier molecular flexibility index (Phi) is 2.22. The lowest BCUT2D eigenvalue weighted by Crippen LogP contribution is -2.27. The molecule has 0 saturated carbocycles. The zero-order valence-corrected chi connectivity index (χ0v) is 7.86. The molecule has 74 valence electrons. The lowest BCUT2D eigenvalue weighted by atomic mass is 10.3. The van der Waals surface area contributed by atoms with Crippen LogP contribution >= 0.6 is 0 Å². The molecule has 0 aliphatic carbocycles. The summed E-state index contributed by atoms with van der Waals surface area (Å²) in [5.74, 6) is 0.655. The fourth-order valence-corrected chi connectivity index (χ4v) is 1.38. The number of anilines is 1. The van der Waals surface area contributed by atoms with Gasteiger partial charge >= 0.3 is 6.03 Å². The Labute approximate surface area is 81.7 Å². The molecule has 5 heteroatoms. The van der Waals surface area contributed by atoms with E-state index >= 15 is 0 Å². The monoisotopic (exact) mass is 193 g/mol. The predicted molar refractivity (Wildman–Crippen MR) is 51.5 cm³/mol. The normalized spacial score (nSPS) is 15.5. The maximum Gasteiger partial charge on any atom is 0.322 e. The van der Waals surface area contributed by atoms with Crippen molar-refractivity contribution in [3.8, 4) is 5.75 Å². The number of nitrogens with one attached hydrogen (secondary N) is 1. The first-order valence-electron chi connectivity index (χ1n) is 4.35. The van der Waals surface area contributed by atoms with E-state index in [1.54, 1.807) is 30.5 Å². The maximum absolute atomic E-state index is 11.3. The Balaban J connectivity index is 2.26. The van der Waals surface area contributed by atoms with Gasteiger partial charge in [-0.05, 0) is 0 Å². The molecule has 1 aromatic rings. The average Bonchev–Trinajstić information content (AvgIpc) is 2.65. The highest BCUT2D eigenvalue weighted by molar-refractivity contribution is 5.93. The number of carbonyl (C=O) groups excluding carboxylic acids is 1. The minimum absolute atomic E-state index is 0.0833. The molecule has 2 amide bonds. The summed E-state index contributed by atoms with van der Waals surface area (Å²) in [4.78, 5) is 16.9. The highest BCUT2D eigenvalue weighted by atomic mass is 16.5. The van der Waals surface area contributed by atoms with Crippen LogP contribution in [0.5, 0.6) is 5.75 Å². The third-order valence-electron chi connectivity index (χ3n) is 2.10. The zero-order chi connectivity index (χ0) is 9.97. The second-order valence-electron chi connectivity index (χ2n) is 2.97. The van der Waals surface area contributed by atoms with Crippen molar-refractivity contribution in [3.63, 3.8) is 0 Å². The summed E-state index contributed by atoms with van der Waals surface area (Å²) >= 11 is 0. The third kappa shape index (κ3) is 1.48. The quantitative estimate of drug-likeness (QED) is 0.749. The van der Waals surface area contributed by atoms with Crippen LogP contribution in [0.15, 0.2) is 18.5 Å². The van der Waals surface area contributed by atoms with Crippen LogP contribution in [0.4, 0.5) is 10.5 Å². The van der Waals surface area contributed by atoms with Gasteiger partial charge < -0.3 is 10.1 Å². The average molecular weight is 193 g/mol. The molecule has 2 heterocycles. The number of rotatable bonds is 2. The smallest absolute Gasteiger partial charge is 0.322 e. The van der Waals surface area contributed by atoms with Gasteiger partial charge in [0.05, 0.1) is 25.2 Å². The van der Waals surface area contributed by atoms with E-state index in [-0.39, 0.29) is 6.03 Å². The maximum atomic E-state index is 11.3. The van der Waals surface area contributed by atoms with Crippen molar-refractivity contribution < 1.29 is 9.53 Å². The summed E-state index contributed by atoms with van der Waals surface area (Å²) in [6.07, 6.45) is 3.25. The molecule has 1 aliphatic heterocycles. The molecule has 1 N–H and O–H groups in total. The number of urea groups is 1. The van der Waals surface area contributed by atoms with E-state index in [4.69, 9.17) is 4.74 Å². The molecule has 5 nitrogen and oxygen atoms in total. The summed E-state index contributed by atoms with van der Waals surface area (Å²) in [6.45, 7) is 1.35. The molecular formula is C9H11N3O2. The Morgan fingerprint density at radius 3 is 3.07 bits per heavy atom. The number of amides is 2. The van der Waals surface area contributed by atoms with Crippen molar-refractivity contribution in [2.45, 2.75) is 0 Å². The topological polar surface area (TPSA) is 54.5 Å². The minimum Gasteiger partial charge on any atom is -0.495 e. The van der Waals surface area contributed by atoms with Gasteiger partial charge in [0.25, 0.3) is 0 Å². The van der Waals surface area contributed by atoms with Gasteiger partial charge in [-0.2, -0.15) is 0 Å². The van der Waals surface area contributed by atoms with Crippen molar-refractivity contribution in [1.82, 2.24) is 10.3 Å². The van der Waals surface area contributed by atoms with Gasteiger partial charge in [-0.1, -0.05) is 0 Å². The summed E-state index contributed by atoms with van der Waals surface area (Å²) in [6, 6.07) is 1.71. The van der Waals surface area contributed by atoms with Gasteiger partial charge in [0.1, 0.15) is 5.75 Å². The fraction of sp³-hybridized carbons (Fsp3) is 0.333. The number of aromatic nitrogens is 1. The van der Waals surface area contributed by atoms with E-state index in [0.717, 1.165) is 5.69 Å². The molecule has 1 aliphatic rings. The number of hydrogen-bond donors (Lipinski definition) is 1. The van der Waals surface area contributed by atoms with Crippen LogP contribution in [-0.2, 0) is 0 Å². The summed E-state index contributed by atoms with van der Waals surface area (Å²) in [7, 11) is 1.57. The van der Waals surface area contributed by atoms with E-state index in [2.05, 4.69) is 10.3 Å². The molecule has 0 bridgehead atoms. The lowest BCUT2D eigenvalue weighted by molar-refractivity contribution is 0.252. The first-order valence-corrected chi connectivity index (χ1v) is 4.35. The minimum atomic E-state index is -0.0833. The van der Waals surface area contributed by atoms with Gasteiger partial charge in [0.2, 0.25) is 0 Å². The van der Waals surface area contributed by atoms with Crippen LogP contribution in [0.1, 0.15) is 0 Å². The Morgan fingerprint density at radius 1 is 1.57 bits per heavy atom. The number of methoxy groups -OCH3 is 1. The molecule has 1 fully saturated rings. The number of carbonyl (C=O) groups is 1. The molecular weight excluding hydrogens is 182 g/mol. The first-order chi connectivity index (χ1) is 6.81. The lowest BCUT2D eigenvalue weighted by Gasteiger charge is -2.13. The van der Waals surface area contributed by atoms with Crippen LogP contribution in [0, 0.1) is 0 Å². The Hall–Kier alpha value is -1.78. The number of hydrogen-bond acceptors (Lipinski definition) is 3. The molecule has 2 rings (SSSR count). The number of pyridine rings is 1. The van der Waals surface area contributed by atoms with Crippen molar-refractivity contribution >= 4 is 11.7 Å². The van der Waals surface area contributed by atoms with Gasteiger partial charge in [-0.3, -0.25) is 9.88 Å². The highest BCUT2D eigenvalue weighted by Gasteiger charge is 2.21. The van der Waals surface area contributed by atoms with Gasteiger partial charge in [-0.15, -0.1) is 0 Å². The standard InChI is InChI=1S/C9H11N3O2/c1-14-8-4-7(5-10-6-8)12-3-2-11-9(12)13/h4-6H,2-3H2,1H3,(H,11,13). The van der Waals surface area contributed by atoms with E-state index in [1.165, 1.54) is 0 Å². The van der Waals surface area contributed by atoms with Crippen LogP contribution in [0.2, 0.25) is 0 Å². The van der Waals surface area contributed by atoms with Crippen molar-refractivity contribution in [2.75, 3.05) is 25.1 Å². The Morgan fingerprint density at radius 2 is 2.43 bits per heavy atom. The van der Waals surface area contributed by atoms with E-state index < -0.39 is 0 Å². The fourth-order valence-electron chi connectivity index (χ4n) is 1.38. The predicted octanol–water partition coefficient (Wildman–Crippen LogP) is 0.620. The van der Waals surface area contributed by atoms with E-state index in [1.807, 2.05) is 0 Å². The molecule has 0 spiro atoms. The second kappa shape index (κ2) is 3.53. The first kappa shape index (κ1) is 8.80.